The second kappa shape index (κ2) is 5.76. The van der Waals surface area contributed by atoms with Crippen molar-refractivity contribution in [3.63, 3.8) is 0 Å². The number of aliphatic hydroxyl groups is 1. The highest BCUT2D eigenvalue weighted by molar-refractivity contribution is 5.34. The first-order valence-electron chi connectivity index (χ1n) is 7.28. The van der Waals surface area contributed by atoms with Crippen molar-refractivity contribution >= 4 is 0 Å². The van der Waals surface area contributed by atoms with Crippen LogP contribution in [0.3, 0.4) is 0 Å². The highest BCUT2D eigenvalue weighted by Crippen LogP contribution is 2.36. The molecule has 1 unspecified atom stereocenters. The van der Waals surface area contributed by atoms with Crippen molar-refractivity contribution in [3.8, 4) is 0 Å². The minimum atomic E-state index is -0.761. The molecule has 1 saturated carbocycles. The van der Waals surface area contributed by atoms with E-state index in [9.17, 15) is 9.50 Å². The average Bonchev–Trinajstić information content (AvgIpc) is 3.01. The van der Waals surface area contributed by atoms with Gasteiger partial charge in [0.2, 0.25) is 0 Å². The van der Waals surface area contributed by atoms with Gasteiger partial charge in [0, 0.05) is 0 Å². The van der Waals surface area contributed by atoms with Crippen LogP contribution in [0.1, 0.15) is 54.4 Å². The van der Waals surface area contributed by atoms with Crippen LogP contribution in [0.25, 0.3) is 0 Å². The Hall–Kier alpha value is -1.67. The first-order valence-corrected chi connectivity index (χ1v) is 7.28. The van der Waals surface area contributed by atoms with Gasteiger partial charge in [0.15, 0.2) is 0 Å². The van der Waals surface area contributed by atoms with Crippen molar-refractivity contribution < 1.29 is 9.50 Å². The van der Waals surface area contributed by atoms with Crippen molar-refractivity contribution in [1.29, 1.82) is 0 Å². The minimum Gasteiger partial charge on any atom is -0.384 e. The third-order valence-corrected chi connectivity index (χ3v) is 4.25. The minimum absolute atomic E-state index is 0.176. The van der Waals surface area contributed by atoms with Gasteiger partial charge in [-0.05, 0) is 41.5 Å². The Labute approximate surface area is 119 Å². The van der Waals surface area contributed by atoms with E-state index in [0.29, 0.717) is 11.5 Å². The zero-order valence-corrected chi connectivity index (χ0v) is 11.4. The van der Waals surface area contributed by atoms with Gasteiger partial charge in [0.05, 0.1) is 0 Å². The number of hydrogen-bond donors (Lipinski definition) is 1. The van der Waals surface area contributed by atoms with Gasteiger partial charge in [0.1, 0.15) is 11.9 Å². The summed E-state index contributed by atoms with van der Waals surface area (Å²) in [6.45, 7) is 0. The predicted octanol–water partition coefficient (Wildman–Crippen LogP) is 4.57. The predicted molar refractivity (Wildman–Crippen MR) is 78.1 cm³/mol. The van der Waals surface area contributed by atoms with Crippen LogP contribution in [0.15, 0.2) is 48.5 Å². The molecule has 3 rings (SSSR count). The molecule has 0 saturated heterocycles. The third-order valence-electron chi connectivity index (χ3n) is 4.25. The van der Waals surface area contributed by atoms with E-state index in [4.69, 9.17) is 0 Å². The fourth-order valence-electron chi connectivity index (χ4n) is 3.11. The van der Waals surface area contributed by atoms with E-state index in [2.05, 4.69) is 0 Å². The molecule has 1 aliphatic carbocycles. The highest BCUT2D eigenvalue weighted by Gasteiger charge is 2.21. The Kier molecular flexibility index (Phi) is 3.83. The molecule has 104 valence electrons. The molecule has 1 atom stereocenters. The second-order valence-electron chi connectivity index (χ2n) is 5.58. The molecule has 2 heteroatoms. The summed E-state index contributed by atoms with van der Waals surface area (Å²) in [6, 6.07) is 14.6. The maximum absolute atomic E-state index is 14.3. The molecule has 0 spiro atoms. The van der Waals surface area contributed by atoms with Crippen LogP contribution in [0.5, 0.6) is 0 Å². The second-order valence-corrected chi connectivity index (χ2v) is 5.58. The van der Waals surface area contributed by atoms with Crippen molar-refractivity contribution in [1.82, 2.24) is 0 Å². The lowest BCUT2D eigenvalue weighted by molar-refractivity contribution is 0.219. The van der Waals surface area contributed by atoms with Gasteiger partial charge in [-0.3, -0.25) is 0 Å². The molecular weight excluding hydrogens is 251 g/mol. The Morgan fingerprint density at radius 2 is 1.65 bits per heavy atom. The molecule has 1 nitrogen and oxygen atoms in total. The monoisotopic (exact) mass is 270 g/mol. The van der Waals surface area contributed by atoms with Gasteiger partial charge >= 0.3 is 0 Å². The summed E-state index contributed by atoms with van der Waals surface area (Å²) in [5.74, 6) is 0.183. The molecule has 1 N–H and O–H groups in total. The molecule has 1 fully saturated rings. The average molecular weight is 270 g/mol. The van der Waals surface area contributed by atoms with Gasteiger partial charge in [-0.1, -0.05) is 55.3 Å². The van der Waals surface area contributed by atoms with E-state index in [1.807, 2.05) is 42.5 Å². The lowest BCUT2D eigenvalue weighted by atomic mass is 9.93. The van der Waals surface area contributed by atoms with Crippen molar-refractivity contribution in [2.45, 2.75) is 37.7 Å². The Balaban J connectivity index is 1.86. The molecule has 0 bridgehead atoms. The number of halogens is 1. The molecular formula is C18H19FO. The summed E-state index contributed by atoms with van der Waals surface area (Å²) in [6.07, 6.45) is 3.79. The number of rotatable bonds is 3. The lowest BCUT2D eigenvalue weighted by Gasteiger charge is -2.15. The zero-order chi connectivity index (χ0) is 13.9. The van der Waals surface area contributed by atoms with Crippen LogP contribution in [0.2, 0.25) is 0 Å². The summed E-state index contributed by atoms with van der Waals surface area (Å²) in [4.78, 5) is 0. The summed E-state index contributed by atoms with van der Waals surface area (Å²) < 4.78 is 14.3. The third kappa shape index (κ3) is 2.61. The van der Waals surface area contributed by atoms with Gasteiger partial charge in [-0.25, -0.2) is 4.39 Å². The molecule has 0 heterocycles. The van der Waals surface area contributed by atoms with Crippen LogP contribution in [-0.2, 0) is 0 Å². The Morgan fingerprint density at radius 1 is 0.950 bits per heavy atom. The fraction of sp³-hybridized carbons (Fsp3) is 0.333. The number of aliphatic hydroxyl groups excluding tert-OH is 1. The van der Waals surface area contributed by atoms with Gasteiger partial charge in [0.25, 0.3) is 0 Å². The largest absolute Gasteiger partial charge is 0.384 e. The van der Waals surface area contributed by atoms with E-state index in [1.54, 1.807) is 0 Å². The standard InChI is InChI=1S/C18H19FO/c19-17-12-15(18(20)14-8-2-1-3-9-14)10-11-16(17)13-6-4-5-7-13/h1-3,8-13,18,20H,4-7H2. The van der Waals surface area contributed by atoms with Crippen LogP contribution in [0.4, 0.5) is 4.39 Å². The normalized spacial score (nSPS) is 17.3. The van der Waals surface area contributed by atoms with E-state index >= 15 is 0 Å². The summed E-state index contributed by atoms with van der Waals surface area (Å²) in [7, 11) is 0. The summed E-state index contributed by atoms with van der Waals surface area (Å²) in [5, 5.41) is 10.3. The maximum Gasteiger partial charge on any atom is 0.127 e. The zero-order valence-electron chi connectivity index (χ0n) is 11.4. The number of benzene rings is 2. The molecule has 0 amide bonds. The van der Waals surface area contributed by atoms with E-state index in [-0.39, 0.29) is 5.82 Å². The molecule has 20 heavy (non-hydrogen) atoms. The fourth-order valence-corrected chi connectivity index (χ4v) is 3.11. The molecule has 2 aromatic rings. The van der Waals surface area contributed by atoms with E-state index in [0.717, 1.165) is 24.0 Å². The smallest absolute Gasteiger partial charge is 0.127 e. The molecule has 0 radical (unpaired) electrons. The van der Waals surface area contributed by atoms with Crippen LogP contribution < -0.4 is 0 Å². The Morgan fingerprint density at radius 3 is 2.30 bits per heavy atom. The lowest BCUT2D eigenvalue weighted by Crippen LogP contribution is -2.03. The number of hydrogen-bond acceptors (Lipinski definition) is 1. The first-order chi connectivity index (χ1) is 9.75. The maximum atomic E-state index is 14.3. The van der Waals surface area contributed by atoms with E-state index in [1.165, 1.54) is 18.9 Å². The SMILES string of the molecule is OC(c1ccccc1)c1ccc(C2CCCC2)c(F)c1. The topological polar surface area (TPSA) is 20.2 Å². The first kappa shape index (κ1) is 13.3. The van der Waals surface area contributed by atoms with Crippen molar-refractivity contribution in [2.75, 3.05) is 0 Å². The molecule has 0 aliphatic heterocycles. The van der Waals surface area contributed by atoms with Crippen LogP contribution >= 0.6 is 0 Å². The van der Waals surface area contributed by atoms with Gasteiger partial charge < -0.3 is 5.11 Å². The Bertz CT molecular complexity index is 573. The molecule has 1 aliphatic rings. The van der Waals surface area contributed by atoms with Crippen molar-refractivity contribution in [2.24, 2.45) is 0 Å². The molecule has 2 aromatic carbocycles. The quantitative estimate of drug-likeness (QED) is 0.866. The van der Waals surface area contributed by atoms with Crippen LogP contribution in [-0.4, -0.2) is 5.11 Å². The summed E-state index contributed by atoms with van der Waals surface area (Å²) in [5.41, 5.74) is 2.22. The highest BCUT2D eigenvalue weighted by atomic mass is 19.1. The van der Waals surface area contributed by atoms with Gasteiger partial charge in [-0.15, -0.1) is 0 Å². The van der Waals surface area contributed by atoms with E-state index < -0.39 is 6.10 Å². The van der Waals surface area contributed by atoms with Crippen molar-refractivity contribution in [3.05, 3.63) is 71.0 Å². The summed E-state index contributed by atoms with van der Waals surface area (Å²) >= 11 is 0. The molecule has 0 aromatic heterocycles. The van der Waals surface area contributed by atoms with Gasteiger partial charge in [-0.2, -0.15) is 0 Å². The van der Waals surface area contributed by atoms with Crippen LogP contribution in [0, 0.1) is 5.82 Å².